The van der Waals surface area contributed by atoms with Crippen LogP contribution >= 0.6 is 0 Å². The highest BCUT2D eigenvalue weighted by atomic mass is 15.3. The zero-order valence-electron chi connectivity index (χ0n) is 8.51. The van der Waals surface area contributed by atoms with Crippen molar-refractivity contribution >= 4 is 0 Å². The van der Waals surface area contributed by atoms with Crippen LogP contribution in [0.4, 0.5) is 0 Å². The van der Waals surface area contributed by atoms with Crippen LogP contribution < -0.4 is 0 Å². The van der Waals surface area contributed by atoms with Crippen molar-refractivity contribution in [2.45, 2.75) is 13.3 Å². The average Bonchev–Trinajstić information content (AvgIpc) is 2.62. The van der Waals surface area contributed by atoms with Gasteiger partial charge in [-0.15, -0.1) is 0 Å². The Morgan fingerprint density at radius 2 is 2.07 bits per heavy atom. The van der Waals surface area contributed by atoms with E-state index in [1.54, 1.807) is 0 Å². The van der Waals surface area contributed by atoms with Gasteiger partial charge < -0.3 is 0 Å². The van der Waals surface area contributed by atoms with Gasteiger partial charge in [-0.1, -0.05) is 18.2 Å². The van der Waals surface area contributed by atoms with Crippen molar-refractivity contribution in [3.8, 4) is 11.8 Å². The van der Waals surface area contributed by atoms with Crippen molar-refractivity contribution in [2.24, 2.45) is 0 Å². The number of hydrogen-bond donors (Lipinski definition) is 0. The monoisotopic (exact) mass is 197 g/mol. The van der Waals surface area contributed by atoms with Crippen LogP contribution in [-0.2, 0) is 6.42 Å². The summed E-state index contributed by atoms with van der Waals surface area (Å²) in [5.41, 5.74) is 2.86. The molecular weight excluding hydrogens is 186 g/mol. The molecule has 1 aromatic carbocycles. The van der Waals surface area contributed by atoms with E-state index in [0.29, 0.717) is 6.42 Å². The molecule has 2 aromatic rings. The van der Waals surface area contributed by atoms with Crippen molar-refractivity contribution < 1.29 is 0 Å². The number of hydrogen-bond acceptors (Lipinski definition) is 2. The van der Waals surface area contributed by atoms with E-state index < -0.39 is 0 Å². The van der Waals surface area contributed by atoms with Crippen LogP contribution in [0.25, 0.3) is 5.69 Å². The zero-order valence-corrected chi connectivity index (χ0v) is 8.51. The van der Waals surface area contributed by atoms with Crippen LogP contribution in [0.3, 0.4) is 0 Å². The van der Waals surface area contributed by atoms with E-state index >= 15 is 0 Å². The molecule has 3 nitrogen and oxygen atoms in total. The van der Waals surface area contributed by atoms with Crippen LogP contribution in [0.1, 0.15) is 11.4 Å². The summed E-state index contributed by atoms with van der Waals surface area (Å²) in [6, 6.07) is 13.9. The van der Waals surface area contributed by atoms with Crippen LogP contribution in [0.5, 0.6) is 0 Å². The summed E-state index contributed by atoms with van der Waals surface area (Å²) in [6.07, 6.45) is 0.385. The molecule has 74 valence electrons. The van der Waals surface area contributed by atoms with E-state index in [-0.39, 0.29) is 0 Å². The summed E-state index contributed by atoms with van der Waals surface area (Å²) in [4.78, 5) is 0. The van der Waals surface area contributed by atoms with E-state index in [1.807, 2.05) is 48.0 Å². The Balaban J connectivity index is 2.49. The fourth-order valence-corrected chi connectivity index (χ4v) is 1.55. The number of nitriles is 1. The SMILES string of the molecule is Cc1cc(CC#N)n(-c2ccccc2)n1. The van der Waals surface area contributed by atoms with Gasteiger partial charge in [-0.3, -0.25) is 0 Å². The second-order valence-electron chi connectivity index (χ2n) is 3.36. The second kappa shape index (κ2) is 3.97. The lowest BCUT2D eigenvalue weighted by atomic mass is 10.3. The fraction of sp³-hybridized carbons (Fsp3) is 0.167. The van der Waals surface area contributed by atoms with E-state index in [9.17, 15) is 0 Å². The van der Waals surface area contributed by atoms with E-state index in [4.69, 9.17) is 5.26 Å². The molecule has 0 saturated carbocycles. The first-order chi connectivity index (χ1) is 7.31. The summed E-state index contributed by atoms with van der Waals surface area (Å²) in [5.74, 6) is 0. The quantitative estimate of drug-likeness (QED) is 0.740. The lowest BCUT2D eigenvalue weighted by molar-refractivity contribution is 0.820. The lowest BCUT2D eigenvalue weighted by Crippen LogP contribution is -2.01. The molecule has 15 heavy (non-hydrogen) atoms. The van der Waals surface area contributed by atoms with Gasteiger partial charge >= 0.3 is 0 Å². The molecule has 0 unspecified atom stereocenters. The molecule has 0 saturated heterocycles. The molecule has 0 amide bonds. The fourth-order valence-electron chi connectivity index (χ4n) is 1.55. The standard InChI is InChI=1S/C12H11N3/c1-10-9-12(7-8-13)15(14-10)11-5-3-2-4-6-11/h2-6,9H,7H2,1H3. The Morgan fingerprint density at radius 1 is 1.33 bits per heavy atom. The van der Waals surface area contributed by atoms with Crippen LogP contribution in [0, 0.1) is 18.3 Å². The molecule has 0 fully saturated rings. The molecule has 0 N–H and O–H groups in total. The van der Waals surface area contributed by atoms with Crippen LogP contribution in [0.2, 0.25) is 0 Å². The lowest BCUT2D eigenvalue weighted by Gasteiger charge is -2.03. The van der Waals surface area contributed by atoms with Crippen LogP contribution in [0.15, 0.2) is 36.4 Å². The minimum Gasteiger partial charge on any atom is -0.237 e. The summed E-state index contributed by atoms with van der Waals surface area (Å²) in [6.45, 7) is 1.93. The predicted octanol–water partition coefficient (Wildman–Crippen LogP) is 2.25. The molecule has 3 heteroatoms. The van der Waals surface area contributed by atoms with Gasteiger partial charge in [0.1, 0.15) is 0 Å². The summed E-state index contributed by atoms with van der Waals surface area (Å²) < 4.78 is 1.82. The first-order valence-electron chi connectivity index (χ1n) is 4.79. The van der Waals surface area contributed by atoms with Crippen molar-refractivity contribution in [1.82, 2.24) is 9.78 Å². The Morgan fingerprint density at radius 3 is 2.73 bits per heavy atom. The van der Waals surface area contributed by atoms with Crippen molar-refractivity contribution in [3.05, 3.63) is 47.8 Å². The molecule has 0 bridgehead atoms. The Kier molecular flexibility index (Phi) is 2.51. The third-order valence-electron chi connectivity index (χ3n) is 2.17. The number of aryl methyl sites for hydroxylation is 1. The maximum absolute atomic E-state index is 8.71. The minimum absolute atomic E-state index is 0.385. The smallest absolute Gasteiger partial charge is 0.0776 e. The van der Waals surface area contributed by atoms with Gasteiger partial charge in [-0.05, 0) is 25.1 Å². The van der Waals surface area contributed by atoms with Gasteiger partial charge in [0.2, 0.25) is 0 Å². The number of nitrogens with zero attached hydrogens (tertiary/aromatic N) is 3. The van der Waals surface area contributed by atoms with Crippen molar-refractivity contribution in [2.75, 3.05) is 0 Å². The third-order valence-corrected chi connectivity index (χ3v) is 2.17. The molecule has 0 aliphatic rings. The average molecular weight is 197 g/mol. The third kappa shape index (κ3) is 1.89. The maximum Gasteiger partial charge on any atom is 0.0776 e. The zero-order chi connectivity index (χ0) is 10.7. The summed E-state index contributed by atoms with van der Waals surface area (Å²) >= 11 is 0. The van der Waals surface area contributed by atoms with Crippen LogP contribution in [-0.4, -0.2) is 9.78 Å². The van der Waals surface area contributed by atoms with Crippen molar-refractivity contribution in [1.29, 1.82) is 5.26 Å². The summed E-state index contributed by atoms with van der Waals surface area (Å²) in [7, 11) is 0. The molecule has 0 aliphatic carbocycles. The van der Waals surface area contributed by atoms with E-state index in [0.717, 1.165) is 17.1 Å². The number of rotatable bonds is 2. The topological polar surface area (TPSA) is 41.6 Å². The molecule has 2 rings (SSSR count). The first-order valence-corrected chi connectivity index (χ1v) is 4.79. The highest BCUT2D eigenvalue weighted by Gasteiger charge is 2.05. The highest BCUT2D eigenvalue weighted by Crippen LogP contribution is 2.12. The van der Waals surface area contributed by atoms with E-state index in [2.05, 4.69) is 11.2 Å². The molecule has 1 aromatic heterocycles. The molecule has 1 heterocycles. The molecule has 0 atom stereocenters. The summed E-state index contributed by atoms with van der Waals surface area (Å²) in [5, 5.41) is 13.1. The number of benzene rings is 1. The van der Waals surface area contributed by atoms with Gasteiger partial charge in [-0.25, -0.2) is 4.68 Å². The Labute approximate surface area is 88.6 Å². The van der Waals surface area contributed by atoms with Gasteiger partial charge in [-0.2, -0.15) is 10.4 Å². The molecule has 0 aliphatic heterocycles. The first kappa shape index (κ1) is 9.47. The van der Waals surface area contributed by atoms with Gasteiger partial charge in [0.15, 0.2) is 0 Å². The van der Waals surface area contributed by atoms with Gasteiger partial charge in [0.25, 0.3) is 0 Å². The predicted molar refractivity (Wildman–Crippen MR) is 57.6 cm³/mol. The Hall–Kier alpha value is -2.08. The largest absolute Gasteiger partial charge is 0.237 e. The number of aromatic nitrogens is 2. The van der Waals surface area contributed by atoms with Gasteiger partial charge in [0, 0.05) is 0 Å². The number of para-hydroxylation sites is 1. The normalized spacial score (nSPS) is 9.87. The van der Waals surface area contributed by atoms with Gasteiger partial charge in [0.05, 0.1) is 29.6 Å². The molecule has 0 spiro atoms. The second-order valence-corrected chi connectivity index (χ2v) is 3.36. The molecular formula is C12H11N3. The van der Waals surface area contributed by atoms with E-state index in [1.165, 1.54) is 0 Å². The Bertz CT molecular complexity index is 491. The van der Waals surface area contributed by atoms with Crippen molar-refractivity contribution in [3.63, 3.8) is 0 Å². The maximum atomic E-state index is 8.71. The highest BCUT2D eigenvalue weighted by molar-refractivity contribution is 5.33. The molecule has 0 radical (unpaired) electrons. The minimum atomic E-state index is 0.385.